The molecular formula is C11H10N2OS. The van der Waals surface area contributed by atoms with Crippen LogP contribution in [0.4, 0.5) is 0 Å². The first-order valence-corrected chi connectivity index (χ1v) is 4.64. The molecule has 0 heterocycles. The molecule has 0 aliphatic carbocycles. The van der Waals surface area contributed by atoms with Gasteiger partial charge in [0.05, 0.1) is 12.7 Å². The number of rotatable bonds is 3. The Balaban J connectivity index is 3.07. The van der Waals surface area contributed by atoms with Crippen molar-refractivity contribution >= 4 is 23.3 Å². The van der Waals surface area contributed by atoms with E-state index in [0.29, 0.717) is 5.57 Å². The summed E-state index contributed by atoms with van der Waals surface area (Å²) in [4.78, 5) is 0.0975. The molecule has 76 valence electrons. The third-order valence-electron chi connectivity index (χ3n) is 1.79. The lowest BCUT2D eigenvalue weighted by Crippen LogP contribution is -2.09. The zero-order valence-corrected chi connectivity index (χ0v) is 9.04. The Morgan fingerprint density at radius 2 is 2.33 bits per heavy atom. The van der Waals surface area contributed by atoms with Crippen LogP contribution in [0, 0.1) is 11.3 Å². The zero-order valence-electron chi connectivity index (χ0n) is 8.23. The molecule has 0 bridgehead atoms. The first-order chi connectivity index (χ1) is 7.17. The van der Waals surface area contributed by atoms with Gasteiger partial charge >= 0.3 is 0 Å². The van der Waals surface area contributed by atoms with Crippen molar-refractivity contribution in [3.8, 4) is 11.8 Å². The molecule has 0 atom stereocenters. The van der Waals surface area contributed by atoms with Gasteiger partial charge in [0.2, 0.25) is 0 Å². The van der Waals surface area contributed by atoms with Crippen molar-refractivity contribution in [3.63, 3.8) is 0 Å². The molecule has 15 heavy (non-hydrogen) atoms. The molecule has 0 amide bonds. The number of nitriles is 1. The minimum Gasteiger partial charge on any atom is -0.497 e. The van der Waals surface area contributed by atoms with E-state index in [-0.39, 0.29) is 4.99 Å². The van der Waals surface area contributed by atoms with Gasteiger partial charge in [0, 0.05) is 0 Å². The third kappa shape index (κ3) is 3.08. The SMILES string of the molecule is COc1cccc(/C=C(/C#N)C(N)=S)c1. The fraction of sp³-hybridized carbons (Fsp3) is 0.0909. The van der Waals surface area contributed by atoms with Gasteiger partial charge in [-0.1, -0.05) is 24.4 Å². The van der Waals surface area contributed by atoms with E-state index in [1.54, 1.807) is 19.3 Å². The minimum absolute atomic E-state index is 0.0975. The van der Waals surface area contributed by atoms with E-state index in [4.69, 9.17) is 28.0 Å². The van der Waals surface area contributed by atoms with Gasteiger partial charge in [-0.3, -0.25) is 0 Å². The number of nitrogens with two attached hydrogens (primary N) is 1. The topological polar surface area (TPSA) is 59.0 Å². The normalized spacial score (nSPS) is 10.5. The van der Waals surface area contributed by atoms with E-state index in [0.717, 1.165) is 11.3 Å². The van der Waals surface area contributed by atoms with Crippen molar-refractivity contribution in [1.29, 1.82) is 5.26 Å². The zero-order chi connectivity index (χ0) is 11.3. The van der Waals surface area contributed by atoms with Gasteiger partial charge in [0.15, 0.2) is 0 Å². The van der Waals surface area contributed by atoms with Crippen LogP contribution in [0.25, 0.3) is 6.08 Å². The second kappa shape index (κ2) is 5.13. The molecule has 1 aromatic carbocycles. The summed E-state index contributed by atoms with van der Waals surface area (Å²) in [6.45, 7) is 0. The van der Waals surface area contributed by atoms with Crippen molar-refractivity contribution in [1.82, 2.24) is 0 Å². The predicted molar refractivity (Wildman–Crippen MR) is 63.4 cm³/mol. The van der Waals surface area contributed by atoms with Gasteiger partial charge in [-0.25, -0.2) is 0 Å². The largest absolute Gasteiger partial charge is 0.497 e. The Morgan fingerprint density at radius 3 is 2.87 bits per heavy atom. The fourth-order valence-corrected chi connectivity index (χ4v) is 1.16. The average Bonchev–Trinajstić information content (AvgIpc) is 2.25. The fourth-order valence-electron chi connectivity index (χ4n) is 1.06. The van der Waals surface area contributed by atoms with Crippen molar-refractivity contribution in [2.75, 3.05) is 7.11 Å². The van der Waals surface area contributed by atoms with Gasteiger partial charge in [-0.05, 0) is 23.8 Å². The quantitative estimate of drug-likeness (QED) is 0.478. The summed E-state index contributed by atoms with van der Waals surface area (Å²) in [5, 5.41) is 8.77. The van der Waals surface area contributed by atoms with Crippen LogP contribution in [0.1, 0.15) is 5.56 Å². The highest BCUT2D eigenvalue weighted by molar-refractivity contribution is 7.80. The number of methoxy groups -OCH3 is 1. The summed E-state index contributed by atoms with van der Waals surface area (Å²) in [7, 11) is 1.58. The maximum atomic E-state index is 8.77. The molecule has 1 rings (SSSR count). The van der Waals surface area contributed by atoms with Crippen molar-refractivity contribution in [3.05, 3.63) is 35.4 Å². The molecule has 0 spiro atoms. The van der Waals surface area contributed by atoms with Crippen molar-refractivity contribution < 1.29 is 4.74 Å². The summed E-state index contributed by atoms with van der Waals surface area (Å²) < 4.78 is 5.05. The van der Waals surface area contributed by atoms with Crippen molar-refractivity contribution in [2.24, 2.45) is 5.73 Å². The molecule has 0 aliphatic rings. The summed E-state index contributed by atoms with van der Waals surface area (Å²) in [6, 6.07) is 9.24. The summed E-state index contributed by atoms with van der Waals surface area (Å²) >= 11 is 4.73. The van der Waals surface area contributed by atoms with E-state index < -0.39 is 0 Å². The van der Waals surface area contributed by atoms with Crippen molar-refractivity contribution in [2.45, 2.75) is 0 Å². The molecule has 0 fully saturated rings. The van der Waals surface area contributed by atoms with E-state index >= 15 is 0 Å². The molecule has 0 aromatic heterocycles. The van der Waals surface area contributed by atoms with E-state index in [1.807, 2.05) is 24.3 Å². The Morgan fingerprint density at radius 1 is 1.60 bits per heavy atom. The molecule has 0 saturated heterocycles. The maximum Gasteiger partial charge on any atom is 0.119 e. The highest BCUT2D eigenvalue weighted by atomic mass is 32.1. The van der Waals surface area contributed by atoms with Gasteiger partial charge in [-0.2, -0.15) is 5.26 Å². The first-order valence-electron chi connectivity index (χ1n) is 4.23. The molecule has 0 unspecified atom stereocenters. The number of thiocarbonyl (C=S) groups is 1. The minimum atomic E-state index is 0.0975. The molecule has 2 N–H and O–H groups in total. The summed E-state index contributed by atoms with van der Waals surface area (Å²) in [5.41, 5.74) is 6.50. The van der Waals surface area contributed by atoms with Gasteiger partial charge in [-0.15, -0.1) is 0 Å². The molecule has 4 heteroatoms. The second-order valence-electron chi connectivity index (χ2n) is 2.81. The maximum absolute atomic E-state index is 8.77. The standard InChI is InChI=1S/C11H10N2OS/c1-14-10-4-2-3-8(6-10)5-9(7-12)11(13)15/h2-6H,1H3,(H2,13,15)/b9-5-. The molecule has 0 radical (unpaired) electrons. The van der Waals surface area contributed by atoms with Crippen LogP contribution >= 0.6 is 12.2 Å². The third-order valence-corrected chi connectivity index (χ3v) is 2.01. The lowest BCUT2D eigenvalue weighted by molar-refractivity contribution is 0.414. The molecule has 0 aliphatic heterocycles. The Kier molecular flexibility index (Phi) is 3.83. The van der Waals surface area contributed by atoms with Crippen LogP contribution in [-0.4, -0.2) is 12.1 Å². The van der Waals surface area contributed by atoms with Crippen LogP contribution in [0.15, 0.2) is 29.8 Å². The monoisotopic (exact) mass is 218 g/mol. The Hall–Kier alpha value is -1.86. The van der Waals surface area contributed by atoms with E-state index in [1.165, 1.54) is 0 Å². The van der Waals surface area contributed by atoms with Gasteiger partial charge in [0.1, 0.15) is 16.8 Å². The van der Waals surface area contributed by atoms with Crippen LogP contribution in [-0.2, 0) is 0 Å². The number of hydrogen-bond donors (Lipinski definition) is 1. The van der Waals surface area contributed by atoms with E-state index in [9.17, 15) is 0 Å². The first kappa shape index (κ1) is 11.2. The lowest BCUT2D eigenvalue weighted by atomic mass is 10.1. The van der Waals surface area contributed by atoms with Crippen LogP contribution < -0.4 is 10.5 Å². The van der Waals surface area contributed by atoms with Crippen LogP contribution in [0.2, 0.25) is 0 Å². The highest BCUT2D eigenvalue weighted by Gasteiger charge is 1.99. The van der Waals surface area contributed by atoms with Gasteiger partial charge in [0.25, 0.3) is 0 Å². The number of ether oxygens (including phenoxy) is 1. The Bertz CT molecular complexity index is 446. The number of nitrogens with zero attached hydrogens (tertiary/aromatic N) is 1. The molecule has 0 saturated carbocycles. The predicted octanol–water partition coefficient (Wildman–Crippen LogP) is 1.89. The van der Waals surface area contributed by atoms with E-state index in [2.05, 4.69) is 0 Å². The lowest BCUT2D eigenvalue weighted by Gasteiger charge is -2.00. The molecular weight excluding hydrogens is 208 g/mol. The molecule has 1 aromatic rings. The smallest absolute Gasteiger partial charge is 0.119 e. The average molecular weight is 218 g/mol. The Labute approximate surface area is 93.8 Å². The number of hydrogen-bond acceptors (Lipinski definition) is 3. The number of benzene rings is 1. The van der Waals surface area contributed by atoms with Gasteiger partial charge < -0.3 is 10.5 Å². The summed E-state index contributed by atoms with van der Waals surface area (Å²) in [6.07, 6.45) is 1.63. The highest BCUT2D eigenvalue weighted by Crippen LogP contribution is 2.15. The van der Waals surface area contributed by atoms with Crippen LogP contribution in [0.3, 0.4) is 0 Å². The van der Waals surface area contributed by atoms with Crippen LogP contribution in [0.5, 0.6) is 5.75 Å². The molecule has 3 nitrogen and oxygen atoms in total. The summed E-state index contributed by atoms with van der Waals surface area (Å²) in [5.74, 6) is 0.726. The second-order valence-corrected chi connectivity index (χ2v) is 3.25.